The average Bonchev–Trinajstić information content (AvgIpc) is 2.68. The van der Waals surface area contributed by atoms with Crippen LogP contribution in [0.25, 0.3) is 0 Å². The number of anilines is 1. The number of fused-ring (bicyclic) bond motifs is 1. The SMILES string of the molecule is Cc1ccc(S(=O)(=O)N2CCC(N3C(=O)OCc4ccccc43)CC2)c(C)c1. The molecule has 0 spiro atoms. The number of carbonyl (C=O) groups excluding carboxylic acids is 1. The van der Waals surface area contributed by atoms with Gasteiger partial charge in [0.2, 0.25) is 10.0 Å². The summed E-state index contributed by atoms with van der Waals surface area (Å²) in [6.07, 6.45) is 0.801. The molecule has 2 aliphatic rings. The molecule has 0 aliphatic carbocycles. The van der Waals surface area contributed by atoms with Crippen molar-refractivity contribution in [3.63, 3.8) is 0 Å². The molecule has 0 radical (unpaired) electrons. The number of nitrogens with zero attached hydrogens (tertiary/aromatic N) is 2. The van der Waals surface area contributed by atoms with Crippen LogP contribution in [0, 0.1) is 13.8 Å². The molecule has 2 aromatic carbocycles. The molecule has 1 amide bonds. The molecule has 0 atom stereocenters. The van der Waals surface area contributed by atoms with E-state index in [1.165, 1.54) is 4.31 Å². The van der Waals surface area contributed by atoms with E-state index in [1.54, 1.807) is 11.0 Å². The zero-order valence-electron chi connectivity index (χ0n) is 16.1. The summed E-state index contributed by atoms with van der Waals surface area (Å²) in [5.74, 6) is 0. The van der Waals surface area contributed by atoms with E-state index in [2.05, 4.69) is 0 Å². The topological polar surface area (TPSA) is 66.9 Å². The van der Waals surface area contributed by atoms with Gasteiger partial charge in [-0.25, -0.2) is 13.2 Å². The van der Waals surface area contributed by atoms with Gasteiger partial charge in [-0.1, -0.05) is 35.9 Å². The third-order valence-corrected chi connectivity index (χ3v) is 7.59. The van der Waals surface area contributed by atoms with Gasteiger partial charge in [0.15, 0.2) is 0 Å². The highest BCUT2D eigenvalue weighted by Gasteiger charge is 2.37. The van der Waals surface area contributed by atoms with Gasteiger partial charge in [-0.2, -0.15) is 4.31 Å². The maximum absolute atomic E-state index is 13.1. The molecule has 7 heteroatoms. The molecule has 148 valence electrons. The Labute approximate surface area is 165 Å². The predicted octanol–water partition coefficient (Wildman–Crippen LogP) is 3.61. The number of ether oxygens (including phenoxy) is 1. The van der Waals surface area contributed by atoms with Crippen molar-refractivity contribution in [2.24, 2.45) is 0 Å². The van der Waals surface area contributed by atoms with Crippen LogP contribution in [0.15, 0.2) is 47.4 Å². The van der Waals surface area contributed by atoms with E-state index < -0.39 is 10.0 Å². The monoisotopic (exact) mass is 400 g/mol. The highest BCUT2D eigenvalue weighted by molar-refractivity contribution is 7.89. The first-order valence-electron chi connectivity index (χ1n) is 9.49. The summed E-state index contributed by atoms with van der Waals surface area (Å²) in [5, 5.41) is 0. The van der Waals surface area contributed by atoms with Crippen molar-refractivity contribution in [2.75, 3.05) is 18.0 Å². The maximum Gasteiger partial charge on any atom is 0.414 e. The molecule has 0 aromatic heterocycles. The number of benzene rings is 2. The predicted molar refractivity (Wildman–Crippen MR) is 107 cm³/mol. The first-order valence-corrected chi connectivity index (χ1v) is 10.9. The number of cyclic esters (lactones) is 1. The molecular formula is C21H24N2O4S. The number of sulfonamides is 1. The summed E-state index contributed by atoms with van der Waals surface area (Å²) < 4.78 is 33.0. The average molecular weight is 401 g/mol. The molecule has 1 saturated heterocycles. The van der Waals surface area contributed by atoms with Crippen molar-refractivity contribution >= 4 is 21.8 Å². The van der Waals surface area contributed by atoms with Crippen molar-refractivity contribution in [1.29, 1.82) is 0 Å². The van der Waals surface area contributed by atoms with Crippen molar-refractivity contribution in [3.05, 3.63) is 59.2 Å². The minimum atomic E-state index is -3.54. The lowest BCUT2D eigenvalue weighted by Crippen LogP contribution is -2.50. The van der Waals surface area contributed by atoms with E-state index >= 15 is 0 Å². The Morgan fingerprint density at radius 1 is 1.04 bits per heavy atom. The number of hydrogen-bond acceptors (Lipinski definition) is 4. The van der Waals surface area contributed by atoms with Gasteiger partial charge in [-0.3, -0.25) is 4.90 Å². The van der Waals surface area contributed by atoms with Crippen LogP contribution in [0.2, 0.25) is 0 Å². The fourth-order valence-corrected chi connectivity index (χ4v) is 5.77. The van der Waals surface area contributed by atoms with Gasteiger partial charge in [0.25, 0.3) is 0 Å². The van der Waals surface area contributed by atoms with Gasteiger partial charge in [0.1, 0.15) is 6.61 Å². The number of hydrogen-bond donors (Lipinski definition) is 0. The fourth-order valence-electron chi connectivity index (χ4n) is 4.09. The number of piperidine rings is 1. The Bertz CT molecular complexity index is 1010. The molecule has 1 fully saturated rings. The smallest absolute Gasteiger partial charge is 0.414 e. The van der Waals surface area contributed by atoms with Gasteiger partial charge in [0, 0.05) is 24.7 Å². The second-order valence-corrected chi connectivity index (χ2v) is 9.36. The molecule has 2 aromatic rings. The fraction of sp³-hybridized carbons (Fsp3) is 0.381. The molecule has 2 heterocycles. The quantitative estimate of drug-likeness (QED) is 0.789. The first kappa shape index (κ1) is 19.0. The van der Waals surface area contributed by atoms with Crippen LogP contribution in [-0.4, -0.2) is 37.9 Å². The van der Waals surface area contributed by atoms with Crippen LogP contribution < -0.4 is 4.90 Å². The zero-order chi connectivity index (χ0) is 19.9. The Morgan fingerprint density at radius 2 is 1.75 bits per heavy atom. The normalized spacial score (nSPS) is 18.6. The van der Waals surface area contributed by atoms with Gasteiger partial charge in [0.05, 0.1) is 10.6 Å². The Hall–Kier alpha value is -2.38. The molecule has 0 bridgehead atoms. The van der Waals surface area contributed by atoms with E-state index in [4.69, 9.17) is 4.74 Å². The van der Waals surface area contributed by atoms with Crippen molar-refractivity contribution in [1.82, 2.24) is 4.31 Å². The highest BCUT2D eigenvalue weighted by atomic mass is 32.2. The van der Waals surface area contributed by atoms with E-state index in [9.17, 15) is 13.2 Å². The minimum Gasteiger partial charge on any atom is -0.444 e. The lowest BCUT2D eigenvalue weighted by molar-refractivity contribution is 0.136. The second kappa shape index (κ2) is 7.22. The van der Waals surface area contributed by atoms with Crippen LogP contribution in [0.1, 0.15) is 29.5 Å². The summed E-state index contributed by atoms with van der Waals surface area (Å²) in [4.78, 5) is 14.5. The Morgan fingerprint density at radius 3 is 2.46 bits per heavy atom. The van der Waals surface area contributed by atoms with Crippen LogP contribution >= 0.6 is 0 Å². The third-order valence-electron chi connectivity index (χ3n) is 5.54. The van der Waals surface area contributed by atoms with E-state index in [-0.39, 0.29) is 18.7 Å². The third kappa shape index (κ3) is 3.29. The van der Waals surface area contributed by atoms with Crippen molar-refractivity contribution < 1.29 is 17.9 Å². The summed E-state index contributed by atoms with van der Waals surface area (Å²) in [5.41, 5.74) is 3.65. The maximum atomic E-state index is 13.1. The summed E-state index contributed by atoms with van der Waals surface area (Å²) in [7, 11) is -3.54. The second-order valence-electron chi connectivity index (χ2n) is 7.46. The molecule has 28 heavy (non-hydrogen) atoms. The van der Waals surface area contributed by atoms with E-state index in [0.717, 1.165) is 22.4 Å². The molecule has 0 N–H and O–H groups in total. The first-order chi connectivity index (χ1) is 13.4. The Kier molecular flexibility index (Phi) is 4.89. The molecule has 0 saturated carbocycles. The number of rotatable bonds is 3. The van der Waals surface area contributed by atoms with E-state index in [1.807, 2.05) is 50.2 Å². The van der Waals surface area contributed by atoms with Gasteiger partial charge in [-0.05, 0) is 44.4 Å². The summed E-state index contributed by atoms with van der Waals surface area (Å²) in [6.45, 7) is 4.82. The van der Waals surface area contributed by atoms with Crippen LogP contribution in [0.3, 0.4) is 0 Å². The standard InChI is InChI=1S/C21H24N2O4S/c1-15-7-8-20(16(2)13-15)28(25,26)22-11-9-18(10-12-22)23-19-6-4-3-5-17(19)14-27-21(23)24/h3-8,13,18H,9-12,14H2,1-2H3. The molecule has 2 aliphatic heterocycles. The van der Waals surface area contributed by atoms with Crippen molar-refractivity contribution in [3.8, 4) is 0 Å². The van der Waals surface area contributed by atoms with Crippen LogP contribution in [0.5, 0.6) is 0 Å². The molecule has 6 nitrogen and oxygen atoms in total. The summed E-state index contributed by atoms with van der Waals surface area (Å²) in [6, 6.07) is 13.0. The van der Waals surface area contributed by atoms with Gasteiger partial charge < -0.3 is 4.74 Å². The zero-order valence-corrected chi connectivity index (χ0v) is 16.9. The summed E-state index contributed by atoms with van der Waals surface area (Å²) >= 11 is 0. The molecular weight excluding hydrogens is 376 g/mol. The number of amides is 1. The largest absolute Gasteiger partial charge is 0.444 e. The lowest BCUT2D eigenvalue weighted by atomic mass is 10.0. The number of aryl methyl sites for hydroxylation is 2. The molecule has 0 unspecified atom stereocenters. The van der Waals surface area contributed by atoms with Gasteiger partial charge in [-0.15, -0.1) is 0 Å². The Balaban J connectivity index is 1.53. The molecule has 4 rings (SSSR count). The van der Waals surface area contributed by atoms with Crippen LogP contribution in [-0.2, 0) is 21.4 Å². The van der Waals surface area contributed by atoms with E-state index in [0.29, 0.717) is 30.8 Å². The highest BCUT2D eigenvalue weighted by Crippen LogP contribution is 2.33. The van der Waals surface area contributed by atoms with Crippen molar-refractivity contribution in [2.45, 2.75) is 44.2 Å². The number of para-hydroxylation sites is 1. The number of carbonyl (C=O) groups is 1. The minimum absolute atomic E-state index is 0.0699. The van der Waals surface area contributed by atoms with Gasteiger partial charge >= 0.3 is 6.09 Å². The van der Waals surface area contributed by atoms with Crippen LogP contribution in [0.4, 0.5) is 10.5 Å². The lowest BCUT2D eigenvalue weighted by Gasteiger charge is -2.39.